The summed E-state index contributed by atoms with van der Waals surface area (Å²) in [6, 6.07) is 3.98. The van der Waals surface area contributed by atoms with Gasteiger partial charge in [-0.3, -0.25) is 0 Å². The van der Waals surface area contributed by atoms with E-state index in [2.05, 4.69) is 22.1 Å². The van der Waals surface area contributed by atoms with Crippen molar-refractivity contribution in [1.29, 1.82) is 0 Å². The number of hydrogen-bond acceptors (Lipinski definition) is 4. The maximum atomic E-state index is 9.68. The maximum Gasteiger partial charge on any atom is 0.194 e. The molecule has 0 aliphatic carbocycles. The van der Waals surface area contributed by atoms with Gasteiger partial charge < -0.3 is 20.2 Å². The van der Waals surface area contributed by atoms with Gasteiger partial charge in [-0.1, -0.05) is 6.07 Å². The highest BCUT2D eigenvalue weighted by atomic mass is 16.3. The Kier molecular flexibility index (Phi) is 5.38. The summed E-state index contributed by atoms with van der Waals surface area (Å²) >= 11 is 0. The molecule has 0 saturated carbocycles. The Labute approximate surface area is 126 Å². The number of anilines is 1. The molecule has 6 nitrogen and oxygen atoms in total. The molecule has 6 heteroatoms. The predicted molar refractivity (Wildman–Crippen MR) is 85.6 cm³/mol. The van der Waals surface area contributed by atoms with Crippen molar-refractivity contribution in [1.82, 2.24) is 15.2 Å². The number of aliphatic imine (C=N–C) groups is 1. The van der Waals surface area contributed by atoms with Gasteiger partial charge in [-0.25, -0.2) is 9.98 Å². The van der Waals surface area contributed by atoms with Crippen molar-refractivity contribution in [2.75, 3.05) is 38.6 Å². The van der Waals surface area contributed by atoms with Crippen LogP contribution in [-0.4, -0.2) is 60.8 Å². The number of aliphatic hydroxyl groups excluding tert-OH is 1. The molecule has 1 saturated heterocycles. The average molecular weight is 291 g/mol. The molecule has 1 aliphatic rings. The Morgan fingerprint density at radius 1 is 1.57 bits per heavy atom. The van der Waals surface area contributed by atoms with Crippen LogP contribution in [-0.2, 0) is 6.54 Å². The zero-order valence-electron chi connectivity index (χ0n) is 13.1. The molecule has 1 atom stereocenters. The van der Waals surface area contributed by atoms with Crippen LogP contribution in [0.15, 0.2) is 23.3 Å². The second-order valence-electron chi connectivity index (χ2n) is 5.44. The fourth-order valence-electron chi connectivity index (χ4n) is 2.48. The normalized spacial score (nSPS) is 19.0. The first kappa shape index (κ1) is 15.6. The molecule has 1 aromatic rings. The summed E-state index contributed by atoms with van der Waals surface area (Å²) in [4.78, 5) is 13.2. The Morgan fingerprint density at radius 3 is 3.00 bits per heavy atom. The van der Waals surface area contributed by atoms with Crippen molar-refractivity contribution in [3.8, 4) is 0 Å². The zero-order valence-corrected chi connectivity index (χ0v) is 13.1. The summed E-state index contributed by atoms with van der Waals surface area (Å²) in [6.45, 7) is 4.95. The SMILES string of the molecule is CCNC(=NCc1cccnc1N(C)C)N1CC[C@@H](O)C1. The van der Waals surface area contributed by atoms with E-state index in [4.69, 9.17) is 4.99 Å². The van der Waals surface area contributed by atoms with Crippen molar-refractivity contribution >= 4 is 11.8 Å². The fourth-order valence-corrected chi connectivity index (χ4v) is 2.48. The van der Waals surface area contributed by atoms with Gasteiger partial charge in [0.1, 0.15) is 5.82 Å². The van der Waals surface area contributed by atoms with Crippen LogP contribution in [0.2, 0.25) is 0 Å². The van der Waals surface area contributed by atoms with Crippen LogP contribution in [0.3, 0.4) is 0 Å². The number of rotatable bonds is 4. The van der Waals surface area contributed by atoms with Crippen LogP contribution in [0.25, 0.3) is 0 Å². The highest BCUT2D eigenvalue weighted by Crippen LogP contribution is 2.16. The van der Waals surface area contributed by atoms with Crippen molar-refractivity contribution < 1.29 is 5.11 Å². The Bertz CT molecular complexity index is 489. The van der Waals surface area contributed by atoms with Crippen LogP contribution in [0.1, 0.15) is 18.9 Å². The predicted octanol–water partition coefficient (Wildman–Crippen LogP) is 0.680. The van der Waals surface area contributed by atoms with E-state index in [-0.39, 0.29) is 6.10 Å². The van der Waals surface area contributed by atoms with E-state index >= 15 is 0 Å². The summed E-state index contributed by atoms with van der Waals surface area (Å²) in [5.74, 6) is 1.81. The molecule has 1 aliphatic heterocycles. The first-order valence-corrected chi connectivity index (χ1v) is 7.44. The van der Waals surface area contributed by atoms with E-state index in [0.29, 0.717) is 13.1 Å². The van der Waals surface area contributed by atoms with Crippen molar-refractivity contribution in [3.63, 3.8) is 0 Å². The van der Waals surface area contributed by atoms with Gasteiger partial charge in [-0.15, -0.1) is 0 Å². The molecule has 0 amide bonds. The molecule has 21 heavy (non-hydrogen) atoms. The monoisotopic (exact) mass is 291 g/mol. The smallest absolute Gasteiger partial charge is 0.194 e. The Balaban J connectivity index is 2.12. The number of likely N-dealkylation sites (tertiary alicyclic amines) is 1. The molecule has 0 spiro atoms. The lowest BCUT2D eigenvalue weighted by Crippen LogP contribution is -2.40. The second-order valence-corrected chi connectivity index (χ2v) is 5.44. The number of aromatic nitrogens is 1. The number of pyridine rings is 1. The largest absolute Gasteiger partial charge is 0.391 e. The van der Waals surface area contributed by atoms with E-state index in [9.17, 15) is 5.11 Å². The molecular formula is C15H25N5O. The molecule has 0 unspecified atom stereocenters. The molecule has 0 aromatic carbocycles. The molecule has 116 valence electrons. The Morgan fingerprint density at radius 2 is 2.38 bits per heavy atom. The minimum atomic E-state index is -0.246. The lowest BCUT2D eigenvalue weighted by Gasteiger charge is -2.21. The van der Waals surface area contributed by atoms with E-state index in [1.165, 1.54) is 0 Å². The molecule has 2 heterocycles. The van der Waals surface area contributed by atoms with E-state index in [1.807, 2.05) is 31.1 Å². The molecule has 0 bridgehead atoms. The quantitative estimate of drug-likeness (QED) is 0.631. The molecule has 1 fully saturated rings. The summed E-state index contributed by atoms with van der Waals surface area (Å²) < 4.78 is 0. The lowest BCUT2D eigenvalue weighted by molar-refractivity contribution is 0.188. The standard InChI is InChI=1S/C15H25N5O/c1-4-16-15(20-9-7-13(21)11-20)18-10-12-6-5-8-17-14(12)19(2)3/h5-6,8,13,21H,4,7,9-11H2,1-3H3,(H,16,18)/t13-/m1/s1. The summed E-state index contributed by atoms with van der Waals surface area (Å²) in [5, 5.41) is 13.0. The summed E-state index contributed by atoms with van der Waals surface area (Å²) in [6.07, 6.45) is 2.36. The third-order valence-electron chi connectivity index (χ3n) is 3.49. The molecule has 2 rings (SSSR count). The molecular weight excluding hydrogens is 266 g/mol. The first-order valence-electron chi connectivity index (χ1n) is 7.44. The van der Waals surface area contributed by atoms with Crippen molar-refractivity contribution in [2.45, 2.75) is 26.0 Å². The Hall–Kier alpha value is -1.82. The topological polar surface area (TPSA) is 64.0 Å². The second kappa shape index (κ2) is 7.26. The van der Waals surface area contributed by atoms with Crippen molar-refractivity contribution in [3.05, 3.63) is 23.9 Å². The third kappa shape index (κ3) is 4.07. The molecule has 0 radical (unpaired) electrons. The fraction of sp³-hybridized carbons (Fsp3) is 0.600. The van der Waals surface area contributed by atoms with Gasteiger partial charge in [-0.05, 0) is 19.4 Å². The number of hydrogen-bond donors (Lipinski definition) is 2. The summed E-state index contributed by atoms with van der Waals surface area (Å²) in [5.41, 5.74) is 1.10. The molecule has 2 N–H and O–H groups in total. The van der Waals surface area contributed by atoms with Gasteiger partial charge in [0, 0.05) is 45.5 Å². The van der Waals surface area contributed by atoms with Gasteiger partial charge in [0.15, 0.2) is 5.96 Å². The van der Waals surface area contributed by atoms with Crippen LogP contribution in [0, 0.1) is 0 Å². The van der Waals surface area contributed by atoms with Gasteiger partial charge in [0.25, 0.3) is 0 Å². The molecule has 1 aromatic heterocycles. The lowest BCUT2D eigenvalue weighted by atomic mass is 10.2. The van der Waals surface area contributed by atoms with Crippen LogP contribution >= 0.6 is 0 Å². The third-order valence-corrected chi connectivity index (χ3v) is 3.49. The van der Waals surface area contributed by atoms with E-state index in [1.54, 1.807) is 6.20 Å². The first-order chi connectivity index (χ1) is 10.1. The number of aliphatic hydroxyl groups is 1. The van der Waals surface area contributed by atoms with Gasteiger partial charge in [0.2, 0.25) is 0 Å². The van der Waals surface area contributed by atoms with Crippen LogP contribution in [0.4, 0.5) is 5.82 Å². The van der Waals surface area contributed by atoms with Crippen molar-refractivity contribution in [2.24, 2.45) is 4.99 Å². The van der Waals surface area contributed by atoms with Gasteiger partial charge >= 0.3 is 0 Å². The van der Waals surface area contributed by atoms with Gasteiger partial charge in [-0.2, -0.15) is 0 Å². The summed E-state index contributed by atoms with van der Waals surface area (Å²) in [7, 11) is 3.97. The average Bonchev–Trinajstić information content (AvgIpc) is 2.90. The highest BCUT2D eigenvalue weighted by molar-refractivity contribution is 5.80. The van der Waals surface area contributed by atoms with E-state index < -0.39 is 0 Å². The minimum Gasteiger partial charge on any atom is -0.391 e. The number of β-amino-alcohol motifs (C(OH)–C–C–N with tert-alkyl or cyclic N) is 1. The maximum absolute atomic E-state index is 9.68. The number of nitrogens with zero attached hydrogens (tertiary/aromatic N) is 4. The van der Waals surface area contributed by atoms with Gasteiger partial charge in [0.05, 0.1) is 12.6 Å². The highest BCUT2D eigenvalue weighted by Gasteiger charge is 2.22. The minimum absolute atomic E-state index is 0.246. The van der Waals surface area contributed by atoms with Crippen LogP contribution in [0.5, 0.6) is 0 Å². The number of nitrogens with one attached hydrogen (secondary N) is 1. The number of guanidine groups is 1. The zero-order chi connectivity index (χ0) is 15.2. The van der Waals surface area contributed by atoms with Crippen LogP contribution < -0.4 is 10.2 Å². The van der Waals surface area contributed by atoms with E-state index in [0.717, 1.165) is 36.9 Å².